The summed E-state index contributed by atoms with van der Waals surface area (Å²) in [6.45, 7) is 0.205. The number of rotatable bonds is 6. The van der Waals surface area contributed by atoms with Gasteiger partial charge in [0.1, 0.15) is 11.6 Å². The summed E-state index contributed by atoms with van der Waals surface area (Å²) in [5.74, 6) is -2.17. The Morgan fingerprint density at radius 1 is 1.10 bits per heavy atom. The molecule has 3 rings (SSSR count). The van der Waals surface area contributed by atoms with Gasteiger partial charge >= 0.3 is 0 Å². The summed E-state index contributed by atoms with van der Waals surface area (Å²) in [4.78, 5) is 12.6. The Balaban J connectivity index is 1.77. The van der Waals surface area contributed by atoms with E-state index in [1.165, 1.54) is 36.7 Å². The van der Waals surface area contributed by atoms with Gasteiger partial charge in [-0.1, -0.05) is 0 Å². The number of anilines is 1. The van der Waals surface area contributed by atoms with Crippen molar-refractivity contribution in [1.82, 2.24) is 4.31 Å². The van der Waals surface area contributed by atoms with Gasteiger partial charge in [0.15, 0.2) is 11.5 Å². The SMILES string of the molecule is COc1ccc(S(=O)(=O)N2CCC[C@H](C(=O)Nc3ccc(F)cc3F)C2)cc1OC. The number of hydrogen-bond acceptors (Lipinski definition) is 5. The summed E-state index contributed by atoms with van der Waals surface area (Å²) in [6, 6.07) is 7.11. The van der Waals surface area contributed by atoms with Gasteiger partial charge < -0.3 is 14.8 Å². The maximum absolute atomic E-state index is 13.8. The molecule has 1 N–H and O–H groups in total. The molecule has 0 aromatic heterocycles. The van der Waals surface area contributed by atoms with Crippen molar-refractivity contribution in [2.45, 2.75) is 17.7 Å². The lowest BCUT2D eigenvalue weighted by molar-refractivity contribution is -0.120. The molecule has 1 amide bonds. The minimum atomic E-state index is -3.88. The van der Waals surface area contributed by atoms with Crippen LogP contribution in [-0.4, -0.2) is 45.9 Å². The first-order valence-corrected chi connectivity index (χ1v) is 10.7. The van der Waals surface area contributed by atoms with Crippen LogP contribution in [0, 0.1) is 17.6 Å². The molecular formula is C20H22F2N2O5S. The highest BCUT2D eigenvalue weighted by molar-refractivity contribution is 7.89. The largest absolute Gasteiger partial charge is 0.493 e. The van der Waals surface area contributed by atoms with Crippen LogP contribution in [0.4, 0.5) is 14.5 Å². The molecular weight excluding hydrogens is 418 g/mol. The number of methoxy groups -OCH3 is 2. The molecule has 0 aliphatic carbocycles. The first kappa shape index (κ1) is 22.0. The van der Waals surface area contributed by atoms with Gasteiger partial charge in [0.25, 0.3) is 0 Å². The third kappa shape index (κ3) is 4.54. The van der Waals surface area contributed by atoms with Gasteiger partial charge in [-0.2, -0.15) is 4.31 Å². The first-order chi connectivity index (χ1) is 14.3. The van der Waals surface area contributed by atoms with Gasteiger partial charge in [-0.3, -0.25) is 4.79 Å². The van der Waals surface area contributed by atoms with E-state index in [-0.39, 0.29) is 29.4 Å². The number of carbonyl (C=O) groups is 1. The molecule has 1 heterocycles. The van der Waals surface area contributed by atoms with Crippen molar-refractivity contribution in [2.24, 2.45) is 5.92 Å². The molecule has 162 valence electrons. The van der Waals surface area contributed by atoms with Crippen molar-refractivity contribution in [3.63, 3.8) is 0 Å². The molecule has 2 aromatic carbocycles. The van der Waals surface area contributed by atoms with Crippen LogP contribution in [0.25, 0.3) is 0 Å². The summed E-state index contributed by atoms with van der Waals surface area (Å²) >= 11 is 0. The Bertz CT molecular complexity index is 1050. The van der Waals surface area contributed by atoms with Crippen LogP contribution in [0.2, 0.25) is 0 Å². The molecule has 7 nitrogen and oxygen atoms in total. The van der Waals surface area contributed by atoms with Crippen LogP contribution in [0.3, 0.4) is 0 Å². The van der Waals surface area contributed by atoms with E-state index in [1.54, 1.807) is 0 Å². The normalized spacial score (nSPS) is 17.4. The number of amides is 1. The van der Waals surface area contributed by atoms with Crippen LogP contribution in [0.15, 0.2) is 41.3 Å². The van der Waals surface area contributed by atoms with E-state index in [2.05, 4.69) is 5.32 Å². The number of benzene rings is 2. The van der Waals surface area contributed by atoms with Gasteiger partial charge in [0, 0.05) is 25.2 Å². The molecule has 1 atom stereocenters. The number of sulfonamides is 1. The highest BCUT2D eigenvalue weighted by atomic mass is 32.2. The molecule has 2 aromatic rings. The molecule has 30 heavy (non-hydrogen) atoms. The monoisotopic (exact) mass is 440 g/mol. The van der Waals surface area contributed by atoms with Gasteiger partial charge in [-0.25, -0.2) is 17.2 Å². The molecule has 1 saturated heterocycles. The lowest BCUT2D eigenvalue weighted by Crippen LogP contribution is -2.43. The minimum absolute atomic E-state index is 0.0192. The van der Waals surface area contributed by atoms with Crippen LogP contribution >= 0.6 is 0 Å². The van der Waals surface area contributed by atoms with Gasteiger partial charge in [0.05, 0.1) is 30.7 Å². The van der Waals surface area contributed by atoms with Crippen molar-refractivity contribution in [2.75, 3.05) is 32.6 Å². The molecule has 1 aliphatic rings. The standard InChI is InChI=1S/C20H22F2N2O5S/c1-28-18-8-6-15(11-19(18)29-2)30(26,27)24-9-3-4-13(12-24)20(25)23-17-7-5-14(21)10-16(17)22/h5-8,10-11,13H,3-4,9,12H2,1-2H3,(H,23,25)/t13-/m0/s1. The fourth-order valence-electron chi connectivity index (χ4n) is 3.33. The molecule has 1 aliphatic heterocycles. The topological polar surface area (TPSA) is 84.9 Å². The molecule has 0 radical (unpaired) electrons. The summed E-state index contributed by atoms with van der Waals surface area (Å²) < 4.78 is 64.5. The van der Waals surface area contributed by atoms with E-state index < -0.39 is 33.5 Å². The highest BCUT2D eigenvalue weighted by Gasteiger charge is 2.34. The van der Waals surface area contributed by atoms with E-state index in [0.29, 0.717) is 24.7 Å². The van der Waals surface area contributed by atoms with Gasteiger partial charge in [0.2, 0.25) is 15.9 Å². The van der Waals surface area contributed by atoms with Crippen LogP contribution in [0.5, 0.6) is 11.5 Å². The molecule has 0 saturated carbocycles. The van der Waals surface area contributed by atoms with Crippen LogP contribution < -0.4 is 14.8 Å². The number of nitrogens with one attached hydrogen (secondary N) is 1. The van der Waals surface area contributed by atoms with Crippen LogP contribution in [-0.2, 0) is 14.8 Å². The molecule has 0 bridgehead atoms. The number of piperidine rings is 1. The number of nitrogens with zero attached hydrogens (tertiary/aromatic N) is 1. The van der Waals surface area contributed by atoms with Crippen molar-refractivity contribution < 1.29 is 31.5 Å². The van der Waals surface area contributed by atoms with Crippen molar-refractivity contribution in [3.8, 4) is 11.5 Å². The van der Waals surface area contributed by atoms with E-state index in [9.17, 15) is 22.0 Å². The minimum Gasteiger partial charge on any atom is -0.493 e. The maximum Gasteiger partial charge on any atom is 0.243 e. The molecule has 1 fully saturated rings. The van der Waals surface area contributed by atoms with E-state index in [1.807, 2.05) is 0 Å². The molecule has 0 spiro atoms. The Morgan fingerprint density at radius 3 is 2.50 bits per heavy atom. The summed E-state index contributed by atoms with van der Waals surface area (Å²) in [5, 5.41) is 2.41. The van der Waals surface area contributed by atoms with Gasteiger partial charge in [-0.05, 0) is 37.1 Å². The Morgan fingerprint density at radius 2 is 1.83 bits per heavy atom. The second kappa shape index (κ2) is 8.97. The van der Waals surface area contributed by atoms with Crippen molar-refractivity contribution in [1.29, 1.82) is 0 Å². The number of hydrogen-bond donors (Lipinski definition) is 1. The number of carbonyl (C=O) groups excluding carboxylic acids is 1. The Labute approximate surface area is 173 Å². The second-order valence-electron chi connectivity index (χ2n) is 6.83. The summed E-state index contributed by atoms with van der Waals surface area (Å²) in [7, 11) is -1.02. The predicted octanol–water partition coefficient (Wildman–Crippen LogP) is 3.02. The number of halogens is 2. The lowest BCUT2D eigenvalue weighted by atomic mass is 9.98. The second-order valence-corrected chi connectivity index (χ2v) is 8.77. The van der Waals surface area contributed by atoms with Crippen molar-refractivity contribution >= 4 is 21.6 Å². The average Bonchev–Trinajstić information content (AvgIpc) is 2.75. The van der Waals surface area contributed by atoms with Crippen molar-refractivity contribution in [3.05, 3.63) is 48.0 Å². The first-order valence-electron chi connectivity index (χ1n) is 9.24. The fourth-order valence-corrected chi connectivity index (χ4v) is 4.87. The zero-order valence-corrected chi connectivity index (χ0v) is 17.3. The Kier molecular flexibility index (Phi) is 6.57. The predicted molar refractivity (Wildman–Crippen MR) is 106 cm³/mol. The van der Waals surface area contributed by atoms with E-state index >= 15 is 0 Å². The Hall–Kier alpha value is -2.72. The summed E-state index contributed by atoms with van der Waals surface area (Å²) in [6.07, 6.45) is 0.920. The summed E-state index contributed by atoms with van der Waals surface area (Å²) in [5.41, 5.74) is -0.152. The average molecular weight is 440 g/mol. The highest BCUT2D eigenvalue weighted by Crippen LogP contribution is 2.32. The van der Waals surface area contributed by atoms with E-state index in [0.717, 1.165) is 12.1 Å². The molecule has 0 unspecified atom stereocenters. The third-order valence-electron chi connectivity index (χ3n) is 4.94. The fraction of sp³-hybridized carbons (Fsp3) is 0.350. The zero-order valence-electron chi connectivity index (χ0n) is 16.5. The van der Waals surface area contributed by atoms with E-state index in [4.69, 9.17) is 9.47 Å². The van der Waals surface area contributed by atoms with Gasteiger partial charge in [-0.15, -0.1) is 0 Å². The number of ether oxygens (including phenoxy) is 2. The smallest absolute Gasteiger partial charge is 0.243 e. The maximum atomic E-state index is 13.8. The third-order valence-corrected chi connectivity index (χ3v) is 6.80. The lowest BCUT2D eigenvalue weighted by Gasteiger charge is -2.31. The van der Waals surface area contributed by atoms with Crippen LogP contribution in [0.1, 0.15) is 12.8 Å². The quantitative estimate of drug-likeness (QED) is 0.747. The molecule has 10 heteroatoms. The zero-order chi connectivity index (χ0) is 21.9.